The second-order valence-electron chi connectivity index (χ2n) is 5.41. The Labute approximate surface area is 127 Å². The van der Waals surface area contributed by atoms with E-state index in [9.17, 15) is 9.59 Å². The van der Waals surface area contributed by atoms with Gasteiger partial charge in [0, 0.05) is 13.2 Å². The zero-order valence-corrected chi connectivity index (χ0v) is 12.8. The Hall–Kier alpha value is -2.57. The molecule has 7 nitrogen and oxygen atoms in total. The summed E-state index contributed by atoms with van der Waals surface area (Å²) in [5.74, 6) is 1.00. The molecule has 1 aliphatic heterocycles. The van der Waals surface area contributed by atoms with Crippen LogP contribution in [0, 0.1) is 13.8 Å². The predicted octanol–water partition coefficient (Wildman–Crippen LogP) is 1.04. The van der Waals surface area contributed by atoms with Gasteiger partial charge >= 0.3 is 0 Å². The standard InChI is InChI=1S/C15H18N4O3/c1-9-6-12(10(2)22-9)15(21)18-7-11-4-5-17-19(11)13(8-18)14(20)16-3/h4-6,13H,7-8H2,1-3H3,(H,16,20)/t13-/m1/s1. The summed E-state index contributed by atoms with van der Waals surface area (Å²) >= 11 is 0. The fraction of sp³-hybridized carbons (Fsp3) is 0.400. The number of fused-ring (bicyclic) bond motifs is 1. The lowest BCUT2D eigenvalue weighted by molar-refractivity contribution is -0.125. The number of rotatable bonds is 2. The number of carbonyl (C=O) groups is 2. The van der Waals surface area contributed by atoms with Gasteiger partial charge in [-0.1, -0.05) is 0 Å². The van der Waals surface area contributed by atoms with E-state index < -0.39 is 6.04 Å². The fourth-order valence-electron chi connectivity index (χ4n) is 2.82. The Balaban J connectivity index is 1.92. The molecule has 0 aliphatic carbocycles. The average Bonchev–Trinajstić information content (AvgIpc) is 3.10. The van der Waals surface area contributed by atoms with E-state index in [1.165, 1.54) is 0 Å². The van der Waals surface area contributed by atoms with Crippen molar-refractivity contribution in [3.05, 3.63) is 41.1 Å². The van der Waals surface area contributed by atoms with Crippen LogP contribution in [-0.4, -0.2) is 40.1 Å². The summed E-state index contributed by atoms with van der Waals surface area (Å²) in [4.78, 5) is 26.5. The van der Waals surface area contributed by atoms with Crippen LogP contribution in [0.2, 0.25) is 0 Å². The molecule has 3 heterocycles. The molecule has 0 saturated heterocycles. The van der Waals surface area contributed by atoms with Crippen LogP contribution in [0.5, 0.6) is 0 Å². The van der Waals surface area contributed by atoms with Crippen molar-refractivity contribution in [3.63, 3.8) is 0 Å². The lowest BCUT2D eigenvalue weighted by Crippen LogP contribution is -2.46. The molecule has 0 fully saturated rings. The molecule has 22 heavy (non-hydrogen) atoms. The van der Waals surface area contributed by atoms with Gasteiger partial charge in [0.25, 0.3) is 5.91 Å². The Morgan fingerprint density at radius 1 is 1.41 bits per heavy atom. The number of furan rings is 1. The van der Waals surface area contributed by atoms with Gasteiger partial charge in [-0.2, -0.15) is 5.10 Å². The van der Waals surface area contributed by atoms with E-state index in [1.54, 1.807) is 35.8 Å². The number of nitrogens with one attached hydrogen (secondary N) is 1. The normalized spacial score (nSPS) is 17.2. The smallest absolute Gasteiger partial charge is 0.257 e. The quantitative estimate of drug-likeness (QED) is 0.898. The SMILES string of the molecule is CNC(=O)[C@H]1CN(C(=O)c2cc(C)oc2C)Cc2ccnn21. The first-order chi connectivity index (χ1) is 10.5. The van der Waals surface area contributed by atoms with Crippen LogP contribution in [-0.2, 0) is 11.3 Å². The van der Waals surface area contributed by atoms with Gasteiger partial charge in [-0.3, -0.25) is 14.3 Å². The lowest BCUT2D eigenvalue weighted by atomic mass is 10.1. The molecule has 0 unspecified atom stereocenters. The van der Waals surface area contributed by atoms with Crippen LogP contribution >= 0.6 is 0 Å². The van der Waals surface area contributed by atoms with Crippen molar-refractivity contribution in [3.8, 4) is 0 Å². The van der Waals surface area contributed by atoms with Crippen molar-refractivity contribution < 1.29 is 14.0 Å². The van der Waals surface area contributed by atoms with Crippen molar-refractivity contribution in [1.29, 1.82) is 0 Å². The summed E-state index contributed by atoms with van der Waals surface area (Å²) < 4.78 is 7.11. The summed E-state index contributed by atoms with van der Waals surface area (Å²) in [7, 11) is 1.58. The van der Waals surface area contributed by atoms with Crippen LogP contribution in [0.1, 0.15) is 33.6 Å². The minimum atomic E-state index is -0.513. The number of nitrogens with zero attached hydrogens (tertiary/aromatic N) is 3. The highest BCUT2D eigenvalue weighted by Crippen LogP contribution is 2.24. The van der Waals surface area contributed by atoms with E-state index in [1.807, 2.05) is 13.0 Å². The third-order valence-corrected chi connectivity index (χ3v) is 3.90. The molecule has 1 atom stereocenters. The van der Waals surface area contributed by atoms with Gasteiger partial charge in [0.1, 0.15) is 17.6 Å². The Kier molecular flexibility index (Phi) is 3.48. The molecule has 1 aliphatic rings. The van der Waals surface area contributed by atoms with Crippen LogP contribution in [0.4, 0.5) is 0 Å². The molecule has 0 saturated carbocycles. The van der Waals surface area contributed by atoms with Gasteiger partial charge in [-0.05, 0) is 26.0 Å². The minimum absolute atomic E-state index is 0.129. The van der Waals surface area contributed by atoms with Crippen LogP contribution < -0.4 is 5.32 Å². The topological polar surface area (TPSA) is 80.4 Å². The van der Waals surface area contributed by atoms with E-state index in [4.69, 9.17) is 4.42 Å². The number of likely N-dealkylation sites (N-methyl/N-ethyl adjacent to an activating group) is 1. The zero-order chi connectivity index (χ0) is 15.9. The summed E-state index contributed by atoms with van der Waals surface area (Å²) in [6, 6.07) is 3.04. The van der Waals surface area contributed by atoms with Crippen molar-refractivity contribution in [1.82, 2.24) is 20.0 Å². The Morgan fingerprint density at radius 2 is 2.18 bits per heavy atom. The van der Waals surface area contributed by atoms with E-state index in [-0.39, 0.29) is 18.4 Å². The number of amides is 2. The van der Waals surface area contributed by atoms with Gasteiger partial charge in [0.15, 0.2) is 0 Å². The second-order valence-corrected chi connectivity index (χ2v) is 5.41. The second kappa shape index (κ2) is 5.32. The van der Waals surface area contributed by atoms with Gasteiger partial charge in [0.05, 0.1) is 24.3 Å². The number of aryl methyl sites for hydroxylation is 2. The van der Waals surface area contributed by atoms with Gasteiger partial charge < -0.3 is 14.6 Å². The molecule has 0 bridgehead atoms. The van der Waals surface area contributed by atoms with Crippen LogP contribution in [0.3, 0.4) is 0 Å². The summed E-state index contributed by atoms with van der Waals surface area (Å²) in [6.45, 7) is 4.29. The molecule has 2 aromatic heterocycles. The first kappa shape index (κ1) is 14.4. The fourth-order valence-corrected chi connectivity index (χ4v) is 2.82. The monoisotopic (exact) mass is 302 g/mol. The van der Waals surface area contributed by atoms with Crippen molar-refractivity contribution in [2.45, 2.75) is 26.4 Å². The Morgan fingerprint density at radius 3 is 2.82 bits per heavy atom. The zero-order valence-electron chi connectivity index (χ0n) is 12.8. The van der Waals surface area contributed by atoms with E-state index in [2.05, 4.69) is 10.4 Å². The molecule has 0 spiro atoms. The van der Waals surface area contributed by atoms with Crippen LogP contribution in [0.15, 0.2) is 22.7 Å². The molecular weight excluding hydrogens is 284 g/mol. The van der Waals surface area contributed by atoms with Crippen LogP contribution in [0.25, 0.3) is 0 Å². The Bertz CT molecular complexity index is 731. The molecule has 0 radical (unpaired) electrons. The minimum Gasteiger partial charge on any atom is -0.466 e. The highest BCUT2D eigenvalue weighted by Gasteiger charge is 2.33. The highest BCUT2D eigenvalue weighted by atomic mass is 16.3. The molecular formula is C15H18N4O3. The number of carbonyl (C=O) groups excluding carboxylic acids is 2. The average molecular weight is 302 g/mol. The molecule has 1 N–H and O–H groups in total. The van der Waals surface area contributed by atoms with Gasteiger partial charge in [-0.25, -0.2) is 0 Å². The molecule has 116 valence electrons. The molecule has 3 rings (SSSR count). The maximum Gasteiger partial charge on any atom is 0.257 e. The lowest BCUT2D eigenvalue weighted by Gasteiger charge is -2.32. The first-order valence-electron chi connectivity index (χ1n) is 7.11. The van der Waals surface area contributed by atoms with E-state index >= 15 is 0 Å². The largest absolute Gasteiger partial charge is 0.466 e. The van der Waals surface area contributed by atoms with Crippen molar-refractivity contribution in [2.75, 3.05) is 13.6 Å². The summed E-state index contributed by atoms with van der Waals surface area (Å²) in [5.41, 5.74) is 1.38. The maximum absolute atomic E-state index is 12.7. The van der Waals surface area contributed by atoms with E-state index in [0.29, 0.717) is 23.6 Å². The third-order valence-electron chi connectivity index (χ3n) is 3.90. The molecule has 7 heteroatoms. The number of aromatic nitrogens is 2. The van der Waals surface area contributed by atoms with Gasteiger partial charge in [-0.15, -0.1) is 0 Å². The van der Waals surface area contributed by atoms with E-state index in [0.717, 1.165) is 5.69 Å². The molecule has 2 aromatic rings. The molecule has 0 aromatic carbocycles. The van der Waals surface area contributed by atoms with Crippen molar-refractivity contribution >= 4 is 11.8 Å². The third kappa shape index (κ3) is 2.28. The van der Waals surface area contributed by atoms with Crippen molar-refractivity contribution in [2.24, 2.45) is 0 Å². The molecule has 2 amide bonds. The first-order valence-corrected chi connectivity index (χ1v) is 7.11. The summed E-state index contributed by atoms with van der Waals surface area (Å²) in [5, 5.41) is 6.82. The number of hydrogen-bond donors (Lipinski definition) is 1. The van der Waals surface area contributed by atoms with Gasteiger partial charge in [0.2, 0.25) is 5.91 Å². The predicted molar refractivity (Wildman–Crippen MR) is 78.3 cm³/mol. The number of hydrogen-bond acceptors (Lipinski definition) is 4. The highest BCUT2D eigenvalue weighted by molar-refractivity contribution is 5.95. The summed E-state index contributed by atoms with van der Waals surface area (Å²) in [6.07, 6.45) is 1.65. The maximum atomic E-state index is 12.7.